The summed E-state index contributed by atoms with van der Waals surface area (Å²) in [5.74, 6) is 0.637. The van der Waals surface area contributed by atoms with Gasteiger partial charge in [0.05, 0.1) is 30.5 Å². The maximum atomic E-state index is 6.20. The molecule has 1 saturated heterocycles. The predicted molar refractivity (Wildman–Crippen MR) is 97.6 cm³/mol. The lowest BCUT2D eigenvalue weighted by molar-refractivity contribution is 0.461. The second-order valence-electron chi connectivity index (χ2n) is 6.05. The lowest BCUT2D eigenvalue weighted by Gasteiger charge is -2.19. The van der Waals surface area contributed by atoms with Crippen LogP contribution in [0.3, 0.4) is 0 Å². The van der Waals surface area contributed by atoms with Crippen molar-refractivity contribution in [2.45, 2.75) is 25.4 Å². The molecule has 1 aliphatic heterocycles. The molecule has 0 radical (unpaired) electrons. The molecule has 1 atom stereocenters. The number of aromatic nitrogens is 3. The van der Waals surface area contributed by atoms with Crippen molar-refractivity contribution in [3.05, 3.63) is 46.5 Å². The van der Waals surface area contributed by atoms with Crippen LogP contribution in [-0.2, 0) is 6.54 Å². The molecule has 0 bridgehead atoms. The van der Waals surface area contributed by atoms with Gasteiger partial charge in [-0.2, -0.15) is 5.10 Å². The number of nitrogens with zero attached hydrogens (tertiary/aromatic N) is 4. The van der Waals surface area contributed by atoms with Crippen molar-refractivity contribution in [2.75, 3.05) is 13.1 Å². The second kappa shape index (κ2) is 6.70. The SMILES string of the molecule is NC(=NC1CCCNC1)c1csc(Cn2ncc3ccncc32)c1. The van der Waals surface area contributed by atoms with Crippen molar-refractivity contribution in [1.82, 2.24) is 20.1 Å². The molecule has 3 aromatic rings. The highest BCUT2D eigenvalue weighted by Crippen LogP contribution is 2.19. The fraction of sp³-hybridized carbons (Fsp3) is 0.353. The molecular formula is C17H20N6S. The van der Waals surface area contributed by atoms with E-state index in [-0.39, 0.29) is 0 Å². The first kappa shape index (κ1) is 15.3. The summed E-state index contributed by atoms with van der Waals surface area (Å²) in [6.07, 6.45) is 7.78. The van der Waals surface area contributed by atoms with Gasteiger partial charge in [0.15, 0.2) is 0 Å². The molecule has 124 valence electrons. The molecule has 0 spiro atoms. The summed E-state index contributed by atoms with van der Waals surface area (Å²) in [5, 5.41) is 11.0. The average molecular weight is 340 g/mol. The maximum Gasteiger partial charge on any atom is 0.126 e. The predicted octanol–water partition coefficient (Wildman–Crippen LogP) is 2.00. The molecule has 4 rings (SSSR count). The van der Waals surface area contributed by atoms with Crippen molar-refractivity contribution in [3.63, 3.8) is 0 Å². The van der Waals surface area contributed by atoms with Gasteiger partial charge in [-0.1, -0.05) is 0 Å². The zero-order valence-corrected chi connectivity index (χ0v) is 14.2. The molecule has 7 heteroatoms. The van der Waals surface area contributed by atoms with E-state index >= 15 is 0 Å². The van der Waals surface area contributed by atoms with E-state index in [4.69, 9.17) is 5.73 Å². The molecule has 3 aromatic heterocycles. The van der Waals surface area contributed by atoms with Crippen LogP contribution in [0.25, 0.3) is 10.9 Å². The number of aliphatic imine (C=N–C) groups is 1. The zero-order valence-electron chi connectivity index (χ0n) is 13.4. The third kappa shape index (κ3) is 3.18. The van der Waals surface area contributed by atoms with E-state index in [1.165, 1.54) is 4.88 Å². The van der Waals surface area contributed by atoms with Crippen molar-refractivity contribution in [3.8, 4) is 0 Å². The number of piperidine rings is 1. The van der Waals surface area contributed by atoms with Gasteiger partial charge in [-0.25, -0.2) is 0 Å². The van der Waals surface area contributed by atoms with Gasteiger partial charge in [-0.05, 0) is 31.5 Å². The molecule has 0 saturated carbocycles. The number of amidine groups is 1. The summed E-state index contributed by atoms with van der Waals surface area (Å²) >= 11 is 1.69. The van der Waals surface area contributed by atoms with Gasteiger partial charge in [0.1, 0.15) is 5.84 Å². The number of nitrogens with two attached hydrogens (primary N) is 1. The lowest BCUT2D eigenvalue weighted by atomic mass is 10.1. The number of thiophene rings is 1. The Labute approximate surface area is 144 Å². The molecule has 4 heterocycles. The molecule has 1 fully saturated rings. The van der Waals surface area contributed by atoms with Gasteiger partial charge in [-0.15, -0.1) is 11.3 Å². The highest BCUT2D eigenvalue weighted by atomic mass is 32.1. The minimum absolute atomic E-state index is 0.295. The summed E-state index contributed by atoms with van der Waals surface area (Å²) < 4.78 is 1.97. The smallest absolute Gasteiger partial charge is 0.126 e. The highest BCUT2D eigenvalue weighted by molar-refractivity contribution is 7.10. The number of pyridine rings is 1. The van der Waals surface area contributed by atoms with Gasteiger partial charge < -0.3 is 11.1 Å². The normalized spacial score (nSPS) is 19.0. The molecule has 1 unspecified atom stereocenters. The average Bonchev–Trinajstić information content (AvgIpc) is 3.24. The lowest BCUT2D eigenvalue weighted by Crippen LogP contribution is -2.34. The summed E-state index contributed by atoms with van der Waals surface area (Å²) in [4.78, 5) is 10.1. The van der Waals surface area contributed by atoms with Gasteiger partial charge >= 0.3 is 0 Å². The molecule has 6 nitrogen and oxygen atoms in total. The van der Waals surface area contributed by atoms with Gasteiger partial charge in [0.25, 0.3) is 0 Å². The Bertz CT molecular complexity index is 859. The Balaban J connectivity index is 1.51. The first-order valence-corrected chi connectivity index (χ1v) is 9.05. The molecule has 0 amide bonds. The van der Waals surface area contributed by atoms with Gasteiger partial charge in [-0.3, -0.25) is 14.7 Å². The van der Waals surface area contributed by atoms with Crippen molar-refractivity contribution in [1.29, 1.82) is 0 Å². The summed E-state index contributed by atoms with van der Waals surface area (Å²) in [6.45, 7) is 2.73. The van der Waals surface area contributed by atoms with E-state index in [1.54, 1.807) is 17.5 Å². The van der Waals surface area contributed by atoms with Crippen molar-refractivity contribution >= 4 is 28.1 Å². The van der Waals surface area contributed by atoms with Crippen LogP contribution in [0.15, 0.2) is 41.1 Å². The topological polar surface area (TPSA) is 81.1 Å². The quantitative estimate of drug-likeness (QED) is 0.562. The number of hydrogen-bond acceptors (Lipinski definition) is 5. The fourth-order valence-electron chi connectivity index (χ4n) is 3.00. The van der Waals surface area contributed by atoms with Crippen LogP contribution in [0, 0.1) is 0 Å². The number of nitrogens with one attached hydrogen (secondary N) is 1. The van der Waals surface area contributed by atoms with Crippen LogP contribution in [0.1, 0.15) is 23.3 Å². The van der Waals surface area contributed by atoms with Crippen molar-refractivity contribution in [2.24, 2.45) is 10.7 Å². The molecule has 0 aliphatic carbocycles. The maximum absolute atomic E-state index is 6.20. The van der Waals surface area contributed by atoms with Crippen molar-refractivity contribution < 1.29 is 0 Å². The molecule has 24 heavy (non-hydrogen) atoms. The largest absolute Gasteiger partial charge is 0.383 e. The van der Waals surface area contributed by atoms with Crippen LogP contribution in [0.5, 0.6) is 0 Å². The van der Waals surface area contributed by atoms with E-state index in [2.05, 4.69) is 31.8 Å². The number of hydrogen-bond donors (Lipinski definition) is 2. The molecule has 1 aliphatic rings. The number of rotatable bonds is 4. The second-order valence-corrected chi connectivity index (χ2v) is 7.05. The van der Waals surface area contributed by atoms with E-state index in [0.717, 1.165) is 48.9 Å². The minimum atomic E-state index is 0.295. The highest BCUT2D eigenvalue weighted by Gasteiger charge is 2.13. The Morgan fingerprint density at radius 3 is 3.29 bits per heavy atom. The van der Waals surface area contributed by atoms with Crippen LogP contribution < -0.4 is 11.1 Å². The summed E-state index contributed by atoms with van der Waals surface area (Å²) in [5.41, 5.74) is 8.25. The Kier molecular flexibility index (Phi) is 4.27. The monoisotopic (exact) mass is 340 g/mol. The number of fused-ring (bicyclic) bond motifs is 1. The first-order chi connectivity index (χ1) is 11.8. The molecule has 3 N–H and O–H groups in total. The fourth-order valence-corrected chi connectivity index (χ4v) is 3.86. The van der Waals surface area contributed by atoms with E-state index in [9.17, 15) is 0 Å². The minimum Gasteiger partial charge on any atom is -0.383 e. The van der Waals surface area contributed by atoms with Crippen LogP contribution >= 0.6 is 11.3 Å². The first-order valence-electron chi connectivity index (χ1n) is 8.17. The molecular weight excluding hydrogens is 320 g/mol. The van der Waals surface area contributed by atoms with Crippen LogP contribution in [-0.4, -0.2) is 39.7 Å². The van der Waals surface area contributed by atoms with E-state index < -0.39 is 0 Å². The third-order valence-electron chi connectivity index (χ3n) is 4.29. The van der Waals surface area contributed by atoms with Gasteiger partial charge in [0.2, 0.25) is 0 Å². The zero-order chi connectivity index (χ0) is 16.4. The van der Waals surface area contributed by atoms with E-state index in [0.29, 0.717) is 11.9 Å². The summed E-state index contributed by atoms with van der Waals surface area (Å²) in [6, 6.07) is 4.38. The van der Waals surface area contributed by atoms with Crippen LogP contribution in [0.2, 0.25) is 0 Å². The third-order valence-corrected chi connectivity index (χ3v) is 5.22. The Hall–Kier alpha value is -2.25. The molecule has 0 aromatic carbocycles. The standard InChI is InChI=1S/C17H20N6S/c18-17(22-14-2-1-4-19-8-14)13-6-15(24-11-13)10-23-16-9-20-5-3-12(16)7-21-23/h3,5-7,9,11,14,19H,1-2,4,8,10H2,(H2,18,22). The van der Waals surface area contributed by atoms with Crippen LogP contribution in [0.4, 0.5) is 0 Å². The Morgan fingerprint density at radius 1 is 1.46 bits per heavy atom. The van der Waals surface area contributed by atoms with E-state index in [1.807, 2.05) is 23.1 Å². The summed E-state index contributed by atoms with van der Waals surface area (Å²) in [7, 11) is 0. The Morgan fingerprint density at radius 2 is 2.42 bits per heavy atom. The van der Waals surface area contributed by atoms with Gasteiger partial charge in [0, 0.05) is 33.9 Å².